The molecule has 0 aliphatic carbocycles. The minimum absolute atomic E-state index is 0.0775. The van der Waals surface area contributed by atoms with Crippen molar-refractivity contribution in [2.75, 3.05) is 25.0 Å². The van der Waals surface area contributed by atoms with Crippen LogP contribution in [-0.2, 0) is 14.8 Å². The van der Waals surface area contributed by atoms with E-state index in [0.717, 1.165) is 19.3 Å². The van der Waals surface area contributed by atoms with Crippen molar-refractivity contribution in [2.45, 2.75) is 44.0 Å². The molecule has 1 aromatic carbocycles. The van der Waals surface area contributed by atoms with Crippen molar-refractivity contribution in [3.05, 3.63) is 18.2 Å². The predicted octanol–water partition coefficient (Wildman–Crippen LogP) is 1.55. The molecule has 1 heterocycles. The number of carbonyl (C=O) groups excluding carboxylic acids is 1. The third kappa shape index (κ3) is 4.25. The normalized spacial score (nSPS) is 17.3. The Morgan fingerprint density at radius 1 is 1.33 bits per heavy atom. The van der Waals surface area contributed by atoms with Gasteiger partial charge in [-0.2, -0.15) is 4.31 Å². The zero-order valence-corrected chi connectivity index (χ0v) is 14.9. The average molecular weight is 355 g/mol. The van der Waals surface area contributed by atoms with Gasteiger partial charge in [0.25, 0.3) is 0 Å². The van der Waals surface area contributed by atoms with E-state index in [2.05, 4.69) is 5.32 Å². The van der Waals surface area contributed by atoms with Crippen molar-refractivity contribution in [3.63, 3.8) is 0 Å². The lowest BCUT2D eigenvalue weighted by molar-refractivity contribution is -0.117. The number of amides is 1. The predicted molar refractivity (Wildman–Crippen MR) is 92.5 cm³/mol. The number of nitrogens with two attached hydrogens (primary N) is 1. The van der Waals surface area contributed by atoms with Crippen LogP contribution >= 0.6 is 0 Å². The quantitative estimate of drug-likeness (QED) is 0.806. The maximum atomic E-state index is 13.0. The first-order valence-electron chi connectivity index (χ1n) is 8.19. The van der Waals surface area contributed by atoms with Gasteiger partial charge in [0.15, 0.2) is 0 Å². The molecule has 1 aromatic rings. The molecule has 0 aromatic heterocycles. The molecule has 1 amide bonds. The molecule has 1 fully saturated rings. The van der Waals surface area contributed by atoms with Crippen LogP contribution in [0.1, 0.15) is 33.1 Å². The molecule has 1 aliphatic heterocycles. The second-order valence-corrected chi connectivity index (χ2v) is 7.74. The summed E-state index contributed by atoms with van der Waals surface area (Å²) in [5.41, 5.74) is 5.92. The number of nitrogens with one attached hydrogen (secondary N) is 1. The maximum absolute atomic E-state index is 13.0. The molecule has 1 saturated heterocycles. The average Bonchev–Trinajstić information content (AvgIpc) is 2.57. The summed E-state index contributed by atoms with van der Waals surface area (Å²) in [7, 11) is -3.67. The Labute approximate surface area is 143 Å². The van der Waals surface area contributed by atoms with Crippen molar-refractivity contribution in [1.82, 2.24) is 4.31 Å². The fraction of sp³-hybridized carbons (Fsp3) is 0.562. The molecule has 2 rings (SSSR count). The highest BCUT2D eigenvalue weighted by Crippen LogP contribution is 2.31. The molecular formula is C16H25N3O4S. The van der Waals surface area contributed by atoms with Gasteiger partial charge in [0.2, 0.25) is 15.9 Å². The summed E-state index contributed by atoms with van der Waals surface area (Å²) in [5.74, 6) is -0.0812. The van der Waals surface area contributed by atoms with Gasteiger partial charge in [0, 0.05) is 18.8 Å². The fourth-order valence-corrected chi connectivity index (χ4v) is 4.24. The number of anilines is 1. The van der Waals surface area contributed by atoms with Crippen LogP contribution in [-0.4, -0.2) is 44.4 Å². The number of ether oxygens (including phenoxy) is 1. The molecule has 0 spiro atoms. The van der Waals surface area contributed by atoms with Gasteiger partial charge in [-0.3, -0.25) is 4.79 Å². The van der Waals surface area contributed by atoms with E-state index in [4.69, 9.17) is 10.5 Å². The van der Waals surface area contributed by atoms with Gasteiger partial charge < -0.3 is 15.8 Å². The summed E-state index contributed by atoms with van der Waals surface area (Å²) in [5, 5.41) is 2.62. The highest BCUT2D eigenvalue weighted by atomic mass is 32.2. The Balaban J connectivity index is 2.38. The molecule has 8 heteroatoms. The third-order valence-electron chi connectivity index (χ3n) is 3.86. The molecule has 3 N–H and O–H groups in total. The van der Waals surface area contributed by atoms with E-state index in [1.54, 1.807) is 26.0 Å². The van der Waals surface area contributed by atoms with Gasteiger partial charge >= 0.3 is 0 Å². The number of hydrogen-bond acceptors (Lipinski definition) is 5. The minimum atomic E-state index is -3.67. The van der Waals surface area contributed by atoms with Gasteiger partial charge in [-0.05, 0) is 44.9 Å². The van der Waals surface area contributed by atoms with Crippen molar-refractivity contribution >= 4 is 21.6 Å². The highest BCUT2D eigenvalue weighted by molar-refractivity contribution is 7.89. The number of piperidine rings is 1. The largest absolute Gasteiger partial charge is 0.492 e. The number of sulfonamides is 1. The van der Waals surface area contributed by atoms with Crippen LogP contribution in [0.4, 0.5) is 5.69 Å². The molecular weight excluding hydrogens is 330 g/mol. The second kappa shape index (κ2) is 7.96. The Kier molecular flexibility index (Phi) is 6.20. The van der Waals surface area contributed by atoms with E-state index < -0.39 is 16.1 Å². The van der Waals surface area contributed by atoms with E-state index in [1.165, 1.54) is 10.4 Å². The van der Waals surface area contributed by atoms with Crippen molar-refractivity contribution < 1.29 is 17.9 Å². The molecule has 24 heavy (non-hydrogen) atoms. The van der Waals surface area contributed by atoms with E-state index in [9.17, 15) is 13.2 Å². The highest BCUT2D eigenvalue weighted by Gasteiger charge is 2.29. The first-order valence-corrected chi connectivity index (χ1v) is 9.63. The van der Waals surface area contributed by atoms with E-state index in [1.807, 2.05) is 0 Å². The van der Waals surface area contributed by atoms with Crippen LogP contribution in [0.3, 0.4) is 0 Å². The van der Waals surface area contributed by atoms with Crippen molar-refractivity contribution in [2.24, 2.45) is 5.73 Å². The first-order chi connectivity index (χ1) is 11.4. The number of nitrogens with zero attached hydrogens (tertiary/aromatic N) is 1. The summed E-state index contributed by atoms with van der Waals surface area (Å²) >= 11 is 0. The summed E-state index contributed by atoms with van der Waals surface area (Å²) in [4.78, 5) is 11.8. The summed E-state index contributed by atoms with van der Waals surface area (Å²) in [6.45, 7) is 4.72. The summed E-state index contributed by atoms with van der Waals surface area (Å²) in [6.07, 6.45) is 2.74. The Bertz CT molecular complexity index is 683. The molecule has 7 nitrogen and oxygen atoms in total. The smallest absolute Gasteiger partial charge is 0.246 e. The van der Waals surface area contributed by atoms with Crippen LogP contribution in [0.2, 0.25) is 0 Å². The topological polar surface area (TPSA) is 102 Å². The summed E-state index contributed by atoms with van der Waals surface area (Å²) < 4.78 is 32.9. The van der Waals surface area contributed by atoms with Gasteiger partial charge in [0.05, 0.1) is 12.6 Å². The number of carbonyl (C=O) groups is 1. The zero-order chi connectivity index (χ0) is 17.7. The van der Waals surface area contributed by atoms with Crippen molar-refractivity contribution in [1.29, 1.82) is 0 Å². The molecule has 134 valence electrons. The maximum Gasteiger partial charge on any atom is 0.246 e. The fourth-order valence-electron chi connectivity index (χ4n) is 2.56. The Morgan fingerprint density at radius 2 is 2.00 bits per heavy atom. The van der Waals surface area contributed by atoms with Gasteiger partial charge in [-0.15, -0.1) is 0 Å². The monoisotopic (exact) mass is 355 g/mol. The van der Waals surface area contributed by atoms with Gasteiger partial charge in [0.1, 0.15) is 10.6 Å². The molecule has 1 atom stereocenters. The SMILES string of the molecule is CCOc1ccc(NC(=O)C(C)N)cc1S(=O)(=O)N1CCCCC1. The van der Waals surface area contributed by atoms with E-state index in [-0.39, 0.29) is 10.8 Å². The molecule has 0 saturated carbocycles. The lowest BCUT2D eigenvalue weighted by Crippen LogP contribution is -2.36. The molecule has 0 bridgehead atoms. The third-order valence-corrected chi connectivity index (χ3v) is 5.78. The zero-order valence-electron chi connectivity index (χ0n) is 14.1. The molecule has 1 aliphatic rings. The Hall–Kier alpha value is -1.64. The van der Waals surface area contributed by atoms with Gasteiger partial charge in [-0.1, -0.05) is 6.42 Å². The number of hydrogen-bond donors (Lipinski definition) is 2. The molecule has 0 radical (unpaired) electrons. The minimum Gasteiger partial charge on any atom is -0.492 e. The van der Waals surface area contributed by atoms with Crippen LogP contribution in [0.15, 0.2) is 23.1 Å². The standard InChI is InChI=1S/C16H25N3O4S/c1-3-23-14-8-7-13(18-16(20)12(2)17)11-15(14)24(21,22)19-9-5-4-6-10-19/h7-8,11-12H,3-6,9-10,17H2,1-2H3,(H,18,20). The lowest BCUT2D eigenvalue weighted by atomic mass is 10.2. The van der Waals surface area contributed by atoms with Crippen LogP contribution in [0.5, 0.6) is 5.75 Å². The van der Waals surface area contributed by atoms with Crippen LogP contribution < -0.4 is 15.8 Å². The second-order valence-electron chi connectivity index (χ2n) is 5.84. The van der Waals surface area contributed by atoms with Crippen molar-refractivity contribution in [3.8, 4) is 5.75 Å². The van der Waals surface area contributed by atoms with Gasteiger partial charge in [-0.25, -0.2) is 8.42 Å². The summed E-state index contributed by atoms with van der Waals surface area (Å²) in [6, 6.07) is 3.94. The molecule has 1 unspecified atom stereocenters. The van der Waals surface area contributed by atoms with Crippen LogP contribution in [0.25, 0.3) is 0 Å². The van der Waals surface area contributed by atoms with E-state index in [0.29, 0.717) is 31.1 Å². The number of benzene rings is 1. The Morgan fingerprint density at radius 3 is 2.58 bits per heavy atom. The lowest BCUT2D eigenvalue weighted by Gasteiger charge is -2.27. The van der Waals surface area contributed by atoms with Crippen LogP contribution in [0, 0.1) is 0 Å². The first kappa shape index (κ1) is 18.7. The number of rotatable bonds is 6. The van der Waals surface area contributed by atoms with E-state index >= 15 is 0 Å².